The molecule has 0 saturated carbocycles. The van der Waals surface area contributed by atoms with Crippen LogP contribution in [0.3, 0.4) is 0 Å². The minimum absolute atomic E-state index is 0.196. The summed E-state index contributed by atoms with van der Waals surface area (Å²) in [7, 11) is -3.62. The average Bonchev–Trinajstić information content (AvgIpc) is 2.80. The van der Waals surface area contributed by atoms with Crippen molar-refractivity contribution in [2.24, 2.45) is 5.92 Å². The van der Waals surface area contributed by atoms with Gasteiger partial charge in [0.2, 0.25) is 15.9 Å². The first kappa shape index (κ1) is 24.6. The molecule has 0 fully saturated rings. The van der Waals surface area contributed by atoms with Gasteiger partial charge in [0.1, 0.15) is 12.3 Å². The fourth-order valence-electron chi connectivity index (χ4n) is 3.72. The van der Waals surface area contributed by atoms with Crippen LogP contribution in [0.5, 0.6) is 5.75 Å². The molecule has 0 aliphatic rings. The molecule has 7 heteroatoms. The normalized spacial score (nSPS) is 12.3. The Balaban J connectivity index is 1.60. The molecule has 3 aromatic carbocycles. The highest BCUT2D eigenvalue weighted by Crippen LogP contribution is 2.22. The first-order valence-corrected chi connectivity index (χ1v) is 13.1. The minimum atomic E-state index is -3.62. The van der Waals surface area contributed by atoms with E-state index in [0.29, 0.717) is 24.6 Å². The summed E-state index contributed by atoms with van der Waals surface area (Å²) in [5, 5.41) is 5.30. The Morgan fingerprint density at radius 2 is 1.73 bits per heavy atom. The molecule has 6 nitrogen and oxygen atoms in total. The van der Waals surface area contributed by atoms with Crippen molar-refractivity contribution in [3.8, 4) is 5.75 Å². The molecule has 1 amide bonds. The molecule has 3 rings (SSSR count). The summed E-state index contributed by atoms with van der Waals surface area (Å²) in [5.41, 5.74) is 1.67. The van der Waals surface area contributed by atoms with Gasteiger partial charge in [-0.2, -0.15) is 0 Å². The average molecular weight is 469 g/mol. The van der Waals surface area contributed by atoms with Crippen LogP contribution in [0, 0.1) is 5.92 Å². The van der Waals surface area contributed by atoms with Gasteiger partial charge in [-0.3, -0.25) is 9.10 Å². The van der Waals surface area contributed by atoms with Gasteiger partial charge in [0.15, 0.2) is 0 Å². The van der Waals surface area contributed by atoms with E-state index in [1.165, 1.54) is 16.3 Å². The predicted octanol–water partition coefficient (Wildman–Crippen LogP) is 4.39. The van der Waals surface area contributed by atoms with E-state index in [4.69, 9.17) is 4.74 Å². The second kappa shape index (κ2) is 11.2. The third-order valence-corrected chi connectivity index (χ3v) is 6.52. The maximum atomic E-state index is 12.6. The van der Waals surface area contributed by atoms with Crippen molar-refractivity contribution in [2.45, 2.75) is 26.7 Å². The number of hydrogen-bond acceptors (Lipinski definition) is 4. The molecule has 3 aromatic rings. The second-order valence-corrected chi connectivity index (χ2v) is 10.3. The number of carbonyl (C=O) groups excluding carboxylic acids is 1. The number of sulfonamides is 1. The largest absolute Gasteiger partial charge is 0.494 e. The van der Waals surface area contributed by atoms with Gasteiger partial charge in [0, 0.05) is 6.54 Å². The van der Waals surface area contributed by atoms with E-state index in [-0.39, 0.29) is 18.4 Å². The number of rotatable bonds is 11. The molecule has 176 valence electrons. The molecule has 0 aromatic heterocycles. The van der Waals surface area contributed by atoms with E-state index < -0.39 is 10.0 Å². The SMILES string of the molecule is CCCOc1ccc(N(CC(=O)NCC(C)Cc2cccc3ccccc23)S(C)(=O)=O)cc1. The molecule has 1 N–H and O–H groups in total. The number of hydrogen-bond donors (Lipinski definition) is 1. The molecule has 0 radical (unpaired) electrons. The Hall–Kier alpha value is -3.06. The Morgan fingerprint density at radius 3 is 2.42 bits per heavy atom. The maximum Gasteiger partial charge on any atom is 0.240 e. The van der Waals surface area contributed by atoms with Crippen molar-refractivity contribution >= 4 is 32.4 Å². The Labute approximate surface area is 196 Å². The van der Waals surface area contributed by atoms with E-state index >= 15 is 0 Å². The molecule has 0 aliphatic heterocycles. The molecule has 0 aliphatic carbocycles. The lowest BCUT2D eigenvalue weighted by Crippen LogP contribution is -2.41. The first-order chi connectivity index (χ1) is 15.8. The minimum Gasteiger partial charge on any atom is -0.494 e. The number of carbonyl (C=O) groups is 1. The number of benzene rings is 3. The zero-order valence-electron chi connectivity index (χ0n) is 19.5. The van der Waals surface area contributed by atoms with Crippen molar-refractivity contribution in [3.05, 3.63) is 72.3 Å². The molecule has 1 unspecified atom stereocenters. The third-order valence-electron chi connectivity index (χ3n) is 5.38. The van der Waals surface area contributed by atoms with Gasteiger partial charge in [-0.15, -0.1) is 0 Å². The van der Waals surface area contributed by atoms with Crippen LogP contribution in [0.2, 0.25) is 0 Å². The van der Waals surface area contributed by atoms with E-state index in [2.05, 4.69) is 36.5 Å². The van der Waals surface area contributed by atoms with Gasteiger partial charge in [0.25, 0.3) is 0 Å². The van der Waals surface area contributed by atoms with Crippen molar-refractivity contribution < 1.29 is 17.9 Å². The fourth-order valence-corrected chi connectivity index (χ4v) is 4.58. The highest BCUT2D eigenvalue weighted by Gasteiger charge is 2.21. The van der Waals surface area contributed by atoms with E-state index in [1.54, 1.807) is 24.3 Å². The van der Waals surface area contributed by atoms with Gasteiger partial charge in [-0.25, -0.2) is 8.42 Å². The van der Waals surface area contributed by atoms with Gasteiger partial charge >= 0.3 is 0 Å². The van der Waals surface area contributed by atoms with Crippen molar-refractivity contribution in [1.82, 2.24) is 5.32 Å². The second-order valence-electron chi connectivity index (χ2n) is 8.36. The van der Waals surface area contributed by atoms with Crippen LogP contribution < -0.4 is 14.4 Å². The first-order valence-electron chi connectivity index (χ1n) is 11.2. The summed E-state index contributed by atoms with van der Waals surface area (Å²) in [4.78, 5) is 12.6. The Morgan fingerprint density at radius 1 is 1.03 bits per heavy atom. The summed E-state index contributed by atoms with van der Waals surface area (Å²) in [6.07, 6.45) is 2.80. The Kier molecular flexibility index (Phi) is 8.33. The maximum absolute atomic E-state index is 12.6. The summed E-state index contributed by atoms with van der Waals surface area (Å²) in [6, 6.07) is 21.2. The van der Waals surface area contributed by atoms with Gasteiger partial charge < -0.3 is 10.1 Å². The quantitative estimate of drug-likeness (QED) is 0.453. The summed E-state index contributed by atoms with van der Waals surface area (Å²) < 4.78 is 31.3. The summed E-state index contributed by atoms with van der Waals surface area (Å²) in [6.45, 7) is 4.87. The number of anilines is 1. The lowest BCUT2D eigenvalue weighted by molar-refractivity contribution is -0.119. The Bertz CT molecular complexity index is 1170. The number of amides is 1. The third kappa shape index (κ3) is 6.96. The van der Waals surface area contributed by atoms with Crippen LogP contribution in [0.1, 0.15) is 25.8 Å². The molecule has 0 saturated heterocycles. The standard InChI is InChI=1S/C26H32N2O4S/c1-4-16-32-24-14-12-23(13-15-24)28(33(3,30)31)19-26(29)27-18-20(2)17-22-10-7-9-21-8-5-6-11-25(21)22/h5-15,20H,4,16-19H2,1-3H3,(H,27,29). The molecule has 33 heavy (non-hydrogen) atoms. The molecular weight excluding hydrogens is 436 g/mol. The van der Waals surface area contributed by atoms with E-state index in [1.807, 2.05) is 25.1 Å². The monoisotopic (exact) mass is 468 g/mol. The predicted molar refractivity (Wildman–Crippen MR) is 134 cm³/mol. The molecule has 0 heterocycles. The van der Waals surface area contributed by atoms with Crippen LogP contribution in [-0.4, -0.2) is 40.3 Å². The molecular formula is C26H32N2O4S. The zero-order chi connectivity index (χ0) is 23.8. The van der Waals surface area contributed by atoms with Crippen LogP contribution in [0.25, 0.3) is 10.8 Å². The van der Waals surface area contributed by atoms with Crippen molar-refractivity contribution in [2.75, 3.05) is 30.3 Å². The highest BCUT2D eigenvalue weighted by atomic mass is 32.2. The number of nitrogens with one attached hydrogen (secondary N) is 1. The lowest BCUT2D eigenvalue weighted by atomic mass is 9.96. The van der Waals surface area contributed by atoms with Crippen LogP contribution in [-0.2, 0) is 21.2 Å². The van der Waals surface area contributed by atoms with Crippen LogP contribution >= 0.6 is 0 Å². The van der Waals surface area contributed by atoms with Crippen molar-refractivity contribution in [1.29, 1.82) is 0 Å². The van der Waals surface area contributed by atoms with Crippen LogP contribution in [0.4, 0.5) is 5.69 Å². The van der Waals surface area contributed by atoms with Gasteiger partial charge in [-0.05, 0) is 59.4 Å². The number of fused-ring (bicyclic) bond motifs is 1. The van der Waals surface area contributed by atoms with Gasteiger partial charge in [0.05, 0.1) is 18.6 Å². The lowest BCUT2D eigenvalue weighted by Gasteiger charge is -2.23. The number of ether oxygens (including phenoxy) is 1. The van der Waals surface area contributed by atoms with Crippen LogP contribution in [0.15, 0.2) is 66.7 Å². The zero-order valence-corrected chi connectivity index (χ0v) is 20.3. The summed E-state index contributed by atoms with van der Waals surface area (Å²) >= 11 is 0. The fraction of sp³-hybridized carbons (Fsp3) is 0.346. The smallest absolute Gasteiger partial charge is 0.240 e. The topological polar surface area (TPSA) is 75.7 Å². The number of nitrogens with zero attached hydrogens (tertiary/aromatic N) is 1. The van der Waals surface area contributed by atoms with E-state index in [0.717, 1.165) is 23.4 Å². The summed E-state index contributed by atoms with van der Waals surface area (Å²) in [5.74, 6) is 0.527. The van der Waals surface area contributed by atoms with Crippen molar-refractivity contribution in [3.63, 3.8) is 0 Å². The van der Waals surface area contributed by atoms with Gasteiger partial charge in [-0.1, -0.05) is 56.3 Å². The molecule has 1 atom stereocenters. The molecule has 0 spiro atoms. The molecule has 0 bridgehead atoms. The highest BCUT2D eigenvalue weighted by molar-refractivity contribution is 7.92. The van der Waals surface area contributed by atoms with E-state index in [9.17, 15) is 13.2 Å².